The highest BCUT2D eigenvalue weighted by molar-refractivity contribution is 7.14. The van der Waals surface area contributed by atoms with Gasteiger partial charge in [0.15, 0.2) is 5.13 Å². The number of pyridine rings is 1. The van der Waals surface area contributed by atoms with Crippen LogP contribution in [0.1, 0.15) is 86.5 Å². The highest BCUT2D eigenvalue weighted by Crippen LogP contribution is 2.52. The molecule has 2 unspecified atom stereocenters. The Bertz CT molecular complexity index is 2240. The lowest BCUT2D eigenvalue weighted by molar-refractivity contribution is -0.146. The molecule has 1 aromatic carbocycles. The van der Waals surface area contributed by atoms with Crippen LogP contribution in [0.2, 0.25) is 5.02 Å². The van der Waals surface area contributed by atoms with Crippen molar-refractivity contribution in [3.8, 4) is 22.9 Å². The van der Waals surface area contributed by atoms with Gasteiger partial charge >= 0.3 is 12.1 Å². The molecule has 0 bridgehead atoms. The molecular weight excluding hydrogens is 862 g/mol. The number of thiazole rings is 1. The molecule has 3 aliphatic carbocycles. The normalized spacial score (nSPS) is 27.9. The number of amides is 3. The van der Waals surface area contributed by atoms with Crippen LogP contribution in [-0.4, -0.2) is 131 Å². The fourth-order valence-corrected chi connectivity index (χ4v) is 10.9. The van der Waals surface area contributed by atoms with Crippen molar-refractivity contribution >= 4 is 62.8 Å². The summed E-state index contributed by atoms with van der Waals surface area (Å²) in [4.78, 5) is 68.6. The summed E-state index contributed by atoms with van der Waals surface area (Å²) >= 11 is 8.57. The van der Waals surface area contributed by atoms with Crippen LogP contribution in [0.4, 0.5) is 9.93 Å². The molecule has 18 heteroatoms. The number of carbonyl (C=O) groups excluding carboxylic acids is 3. The number of nitrogens with one attached hydrogen (secondary N) is 3. The van der Waals surface area contributed by atoms with Crippen LogP contribution in [0.25, 0.3) is 22.3 Å². The second kappa shape index (κ2) is 18.4. The fraction of sp³-hybridized carbons (Fsp3) is 0.652. The molecule has 5 fully saturated rings. The maximum Gasteiger partial charge on any atom is 0.408 e. The van der Waals surface area contributed by atoms with Crippen molar-refractivity contribution in [1.82, 2.24) is 30.4 Å². The first-order valence-corrected chi connectivity index (χ1v) is 23.9. The van der Waals surface area contributed by atoms with Gasteiger partial charge in [-0.25, -0.2) is 19.6 Å². The number of fused-ring (bicyclic) bond motifs is 2. The van der Waals surface area contributed by atoms with Crippen molar-refractivity contribution < 1.29 is 43.2 Å². The molecule has 2 saturated heterocycles. The molecule has 3 amide bonds. The Hall–Kier alpha value is -4.45. The minimum atomic E-state index is -1.42. The molecule has 2 aromatic heterocycles. The predicted molar refractivity (Wildman–Crippen MR) is 243 cm³/mol. The largest absolute Gasteiger partial charge is 0.491 e. The number of aromatic nitrogens is 2. The minimum Gasteiger partial charge on any atom is -0.491 e. The van der Waals surface area contributed by atoms with Gasteiger partial charge in [0, 0.05) is 56.0 Å². The summed E-state index contributed by atoms with van der Waals surface area (Å²) < 4.78 is 24.4. The number of nitrogens with zero attached hydrogens (tertiary/aromatic N) is 4. The van der Waals surface area contributed by atoms with Gasteiger partial charge < -0.3 is 44.9 Å². The number of methoxy groups -OCH3 is 1. The van der Waals surface area contributed by atoms with E-state index < -0.39 is 53.0 Å². The zero-order valence-electron chi connectivity index (χ0n) is 37.8. The first-order valence-electron chi connectivity index (χ1n) is 22.7. The quantitative estimate of drug-likeness (QED) is 0.113. The van der Waals surface area contributed by atoms with Crippen LogP contribution in [0.15, 0.2) is 23.6 Å². The molecule has 2 aliphatic heterocycles. The van der Waals surface area contributed by atoms with E-state index in [9.17, 15) is 24.3 Å². The van der Waals surface area contributed by atoms with Crippen LogP contribution in [0, 0.1) is 23.2 Å². The number of rotatable bonds is 17. The second-order valence-electron chi connectivity index (χ2n) is 19.7. The van der Waals surface area contributed by atoms with Crippen molar-refractivity contribution in [2.24, 2.45) is 23.2 Å². The van der Waals surface area contributed by atoms with E-state index in [-0.39, 0.29) is 37.1 Å². The van der Waals surface area contributed by atoms with Crippen molar-refractivity contribution in [3.63, 3.8) is 0 Å². The van der Waals surface area contributed by atoms with Crippen LogP contribution in [-0.2, 0) is 23.9 Å². The smallest absolute Gasteiger partial charge is 0.408 e. The van der Waals surface area contributed by atoms with Gasteiger partial charge in [-0.3, -0.25) is 14.5 Å². The Morgan fingerprint density at radius 2 is 1.78 bits per heavy atom. The number of alkyl carbamates (subject to hydrolysis) is 1. The van der Waals surface area contributed by atoms with E-state index >= 15 is 0 Å². The topological polar surface area (TPSA) is 194 Å². The fourth-order valence-electron chi connectivity index (χ4n) is 9.75. The molecule has 348 valence electrons. The Kier molecular flexibility index (Phi) is 13.3. The number of carboxylic acids is 1. The van der Waals surface area contributed by atoms with Crippen molar-refractivity contribution in [2.45, 2.75) is 128 Å². The van der Waals surface area contributed by atoms with E-state index in [1.54, 1.807) is 19.2 Å². The first-order chi connectivity index (χ1) is 30.5. The van der Waals surface area contributed by atoms with E-state index in [0.717, 1.165) is 37.5 Å². The number of likely N-dealkylation sites (tertiary alicyclic amines) is 2. The number of halogens is 1. The van der Waals surface area contributed by atoms with Crippen LogP contribution in [0.5, 0.6) is 11.5 Å². The summed E-state index contributed by atoms with van der Waals surface area (Å²) in [5.41, 5.74) is -0.687. The average Bonchev–Trinajstić information content (AvgIpc) is 3.72. The summed E-state index contributed by atoms with van der Waals surface area (Å²) in [5.74, 6) is -0.381. The molecule has 9 atom stereocenters. The number of benzene rings is 1. The van der Waals surface area contributed by atoms with E-state index in [1.165, 1.54) is 22.7 Å². The highest BCUT2D eigenvalue weighted by Gasteiger charge is 2.61. The number of carbonyl (C=O) groups is 4. The van der Waals surface area contributed by atoms with Gasteiger partial charge in [0.05, 0.1) is 23.9 Å². The van der Waals surface area contributed by atoms with E-state index in [4.69, 9.17) is 40.5 Å². The van der Waals surface area contributed by atoms with Gasteiger partial charge in [0.2, 0.25) is 11.8 Å². The molecule has 64 heavy (non-hydrogen) atoms. The number of ether oxygens (including phenoxy) is 4. The van der Waals surface area contributed by atoms with E-state index in [2.05, 4.69) is 20.9 Å². The zero-order chi connectivity index (χ0) is 45.7. The standard InChI is InChI=1S/C46H62ClN7O9S/c1-8-27-20-46(27,42(57)58)52-40(55)34-18-30(22-54(34)41(56)39(45(4,5)6)51-44(59)63-29-16-25-15-26(25)17-29)62-36-19-32(33-23-64-43(50-33)48-24(2)3)49-38-31(36)9-10-35(37(38)47)61-14-13-53-12-11-28(21-53)60-7/h9-10,19,23-30,34,39H,8,11-18,20-22H2,1-7H3,(H,48,50)(H,51,59)(H,52,55)(H,57,58)/t25-,26+,27-,28-,29?,30-,34+,39-,46?/m1/s1. The molecule has 0 spiro atoms. The lowest BCUT2D eigenvalue weighted by atomic mass is 9.85. The third-order valence-corrected chi connectivity index (χ3v) is 14.7. The monoisotopic (exact) mass is 923 g/mol. The molecule has 5 aliphatic rings. The molecular formula is C46H62ClN7O9S. The lowest BCUT2D eigenvalue weighted by Crippen LogP contribution is -2.59. The summed E-state index contributed by atoms with van der Waals surface area (Å²) in [7, 11) is 1.73. The summed E-state index contributed by atoms with van der Waals surface area (Å²) in [6.45, 7) is 14.3. The number of aliphatic carboxylic acids is 1. The first kappa shape index (κ1) is 46.1. The summed E-state index contributed by atoms with van der Waals surface area (Å²) in [6.07, 6.45) is 3.29. The number of hydrogen-bond donors (Lipinski definition) is 4. The lowest BCUT2D eigenvalue weighted by Gasteiger charge is -2.35. The Morgan fingerprint density at radius 1 is 1.02 bits per heavy atom. The molecule has 3 aromatic rings. The molecule has 16 nitrogen and oxygen atoms in total. The molecule has 0 radical (unpaired) electrons. The SMILES string of the molecule is CC[C@@H]1CC1(NC(=O)[C@@H]1C[C@@H](Oc2cc(-c3csc(NC(C)C)n3)nc3c(Cl)c(OCCN4CC[C@@H](OC)C4)ccc23)CN1C(=O)[C@@H](NC(=O)OC1C[C@@H]2C[C@@H]2C1)C(C)(C)C)C(=O)O. The van der Waals surface area contributed by atoms with Crippen molar-refractivity contribution in [3.05, 3.63) is 28.6 Å². The zero-order valence-corrected chi connectivity index (χ0v) is 39.4. The Balaban J connectivity index is 1.09. The minimum absolute atomic E-state index is 0.0306. The third kappa shape index (κ3) is 9.87. The van der Waals surface area contributed by atoms with Gasteiger partial charge in [-0.05, 0) is 81.3 Å². The predicted octanol–water partition coefficient (Wildman–Crippen LogP) is 6.59. The summed E-state index contributed by atoms with van der Waals surface area (Å²) in [5, 5.41) is 22.8. The number of carboxylic acid groups (broad SMARTS) is 1. The van der Waals surface area contributed by atoms with Crippen molar-refractivity contribution in [2.75, 3.05) is 45.2 Å². The van der Waals surface area contributed by atoms with E-state index in [1.807, 2.05) is 53.0 Å². The maximum atomic E-state index is 14.8. The highest BCUT2D eigenvalue weighted by atomic mass is 35.5. The number of anilines is 1. The average molecular weight is 925 g/mol. The van der Waals surface area contributed by atoms with Crippen molar-refractivity contribution in [1.29, 1.82) is 0 Å². The van der Waals surface area contributed by atoms with Gasteiger partial charge in [0.25, 0.3) is 0 Å². The molecule has 8 rings (SSSR count). The molecule has 3 saturated carbocycles. The maximum absolute atomic E-state index is 14.8. The van der Waals surface area contributed by atoms with Crippen LogP contribution in [0.3, 0.4) is 0 Å². The van der Waals surface area contributed by atoms with Gasteiger partial charge in [-0.2, -0.15) is 0 Å². The third-order valence-electron chi connectivity index (χ3n) is 13.6. The van der Waals surface area contributed by atoms with Gasteiger partial charge in [-0.1, -0.05) is 45.7 Å². The van der Waals surface area contributed by atoms with Gasteiger partial charge in [0.1, 0.15) is 58.7 Å². The van der Waals surface area contributed by atoms with Gasteiger partial charge in [-0.15, -0.1) is 11.3 Å². The van der Waals surface area contributed by atoms with Crippen LogP contribution < -0.4 is 25.4 Å². The Morgan fingerprint density at radius 3 is 2.44 bits per heavy atom. The van der Waals surface area contributed by atoms with E-state index in [0.29, 0.717) is 76.6 Å². The molecule has 4 heterocycles. The second-order valence-corrected chi connectivity index (χ2v) is 20.9. The summed E-state index contributed by atoms with van der Waals surface area (Å²) in [6, 6.07) is 3.38. The Labute approximate surface area is 383 Å². The number of hydrogen-bond acceptors (Lipinski definition) is 13. The van der Waals surface area contributed by atoms with Crippen LogP contribution >= 0.6 is 22.9 Å². The molecule has 4 N–H and O–H groups in total.